The van der Waals surface area contributed by atoms with E-state index in [1.54, 1.807) is 0 Å². The number of nitrogens with one attached hydrogen (secondary N) is 1. The van der Waals surface area contributed by atoms with Gasteiger partial charge in [0.1, 0.15) is 5.69 Å². The quantitative estimate of drug-likeness (QED) is 0.630. The highest BCUT2D eigenvalue weighted by atomic mass is 16.5. The van der Waals surface area contributed by atoms with Gasteiger partial charge in [-0.25, -0.2) is 4.79 Å². The van der Waals surface area contributed by atoms with Crippen LogP contribution in [0.25, 0.3) is 0 Å². The van der Waals surface area contributed by atoms with Crippen molar-refractivity contribution >= 4 is 11.9 Å². The van der Waals surface area contributed by atoms with E-state index >= 15 is 0 Å². The normalized spacial score (nSPS) is 10.3. The molecule has 0 saturated carbocycles. The maximum atomic E-state index is 11.8. The number of carbonyl (C=O) groups is 2. The second-order valence-corrected chi connectivity index (χ2v) is 4.72. The zero-order valence-electron chi connectivity index (χ0n) is 11.6. The van der Waals surface area contributed by atoms with Gasteiger partial charge in [-0.05, 0) is 30.9 Å². The number of amides is 1. The van der Waals surface area contributed by atoms with Gasteiger partial charge < -0.3 is 10.1 Å². The molecular formula is C14H20N2O3. The standard InChI is InChI=1S/C14H20N2O3/c1-10(2)5-4-8-15-13(17)12-7-6-11(9-16-12)14(18)19-3/h6-7,9-10H,4-5,8H2,1-3H3,(H,15,17). The van der Waals surface area contributed by atoms with Gasteiger partial charge in [0.05, 0.1) is 12.7 Å². The van der Waals surface area contributed by atoms with Crippen LogP contribution in [0.4, 0.5) is 0 Å². The highest BCUT2D eigenvalue weighted by molar-refractivity contribution is 5.94. The Morgan fingerprint density at radius 3 is 2.63 bits per heavy atom. The van der Waals surface area contributed by atoms with E-state index in [9.17, 15) is 9.59 Å². The zero-order chi connectivity index (χ0) is 14.3. The summed E-state index contributed by atoms with van der Waals surface area (Å²) in [4.78, 5) is 26.9. The third kappa shape index (κ3) is 5.07. The van der Waals surface area contributed by atoms with E-state index in [2.05, 4.69) is 28.9 Å². The summed E-state index contributed by atoms with van der Waals surface area (Å²) in [5, 5.41) is 2.80. The minimum Gasteiger partial charge on any atom is -0.465 e. The van der Waals surface area contributed by atoms with Gasteiger partial charge in [0.15, 0.2) is 0 Å². The molecule has 0 atom stereocenters. The lowest BCUT2D eigenvalue weighted by Gasteiger charge is -2.06. The first-order chi connectivity index (χ1) is 9.04. The van der Waals surface area contributed by atoms with Crippen molar-refractivity contribution < 1.29 is 14.3 Å². The first-order valence-electron chi connectivity index (χ1n) is 6.37. The Balaban J connectivity index is 2.47. The fourth-order valence-corrected chi connectivity index (χ4v) is 1.57. The number of pyridine rings is 1. The predicted molar refractivity (Wildman–Crippen MR) is 72.0 cm³/mol. The SMILES string of the molecule is COC(=O)c1ccc(C(=O)NCCCC(C)C)nc1. The summed E-state index contributed by atoms with van der Waals surface area (Å²) in [6, 6.07) is 3.05. The van der Waals surface area contributed by atoms with E-state index in [0.29, 0.717) is 23.7 Å². The predicted octanol–water partition coefficient (Wildman–Crippen LogP) is 2.03. The zero-order valence-corrected chi connectivity index (χ0v) is 11.6. The molecule has 0 fully saturated rings. The molecule has 0 aliphatic carbocycles. The van der Waals surface area contributed by atoms with E-state index in [1.807, 2.05) is 0 Å². The van der Waals surface area contributed by atoms with Crippen LogP contribution < -0.4 is 5.32 Å². The van der Waals surface area contributed by atoms with E-state index in [1.165, 1.54) is 25.4 Å². The molecule has 19 heavy (non-hydrogen) atoms. The summed E-state index contributed by atoms with van der Waals surface area (Å²) in [6.45, 7) is 4.93. The molecule has 0 aliphatic heterocycles. The summed E-state index contributed by atoms with van der Waals surface area (Å²) in [5.41, 5.74) is 0.635. The minimum atomic E-state index is -0.462. The molecule has 0 aromatic carbocycles. The highest BCUT2D eigenvalue weighted by Gasteiger charge is 2.09. The Morgan fingerprint density at radius 1 is 1.37 bits per heavy atom. The second kappa shape index (κ2) is 7.51. The van der Waals surface area contributed by atoms with E-state index in [0.717, 1.165) is 12.8 Å². The second-order valence-electron chi connectivity index (χ2n) is 4.72. The smallest absolute Gasteiger partial charge is 0.339 e. The van der Waals surface area contributed by atoms with Gasteiger partial charge in [-0.3, -0.25) is 9.78 Å². The summed E-state index contributed by atoms with van der Waals surface area (Å²) in [7, 11) is 1.30. The van der Waals surface area contributed by atoms with Crippen LogP contribution in [-0.2, 0) is 4.74 Å². The summed E-state index contributed by atoms with van der Waals surface area (Å²) >= 11 is 0. The highest BCUT2D eigenvalue weighted by Crippen LogP contribution is 2.04. The number of nitrogens with zero attached hydrogens (tertiary/aromatic N) is 1. The molecule has 0 radical (unpaired) electrons. The van der Waals surface area contributed by atoms with E-state index in [4.69, 9.17) is 0 Å². The first-order valence-corrected chi connectivity index (χ1v) is 6.37. The molecule has 0 aliphatic rings. The van der Waals surface area contributed by atoms with Gasteiger partial charge in [-0.1, -0.05) is 13.8 Å². The third-order valence-corrected chi connectivity index (χ3v) is 2.66. The average Bonchev–Trinajstić information content (AvgIpc) is 2.42. The lowest BCUT2D eigenvalue weighted by molar-refractivity contribution is 0.0599. The Hall–Kier alpha value is -1.91. The van der Waals surface area contributed by atoms with Gasteiger partial charge in [0, 0.05) is 12.7 Å². The number of ether oxygens (including phenoxy) is 1. The molecule has 1 aromatic rings. The number of esters is 1. The Bertz CT molecular complexity index is 427. The van der Waals surface area contributed by atoms with E-state index in [-0.39, 0.29) is 5.91 Å². The minimum absolute atomic E-state index is 0.222. The Morgan fingerprint density at radius 2 is 2.11 bits per heavy atom. The van der Waals surface area contributed by atoms with Gasteiger partial charge in [-0.15, -0.1) is 0 Å². The van der Waals surface area contributed by atoms with E-state index < -0.39 is 5.97 Å². The van der Waals surface area contributed by atoms with Gasteiger partial charge >= 0.3 is 5.97 Å². The third-order valence-electron chi connectivity index (χ3n) is 2.66. The molecule has 1 N–H and O–H groups in total. The average molecular weight is 264 g/mol. The van der Waals surface area contributed by atoms with Crippen molar-refractivity contribution in [2.75, 3.05) is 13.7 Å². The number of carbonyl (C=O) groups excluding carboxylic acids is 2. The molecule has 1 heterocycles. The lowest BCUT2D eigenvalue weighted by Crippen LogP contribution is -2.25. The van der Waals surface area contributed by atoms with Crippen molar-refractivity contribution in [1.29, 1.82) is 0 Å². The number of methoxy groups -OCH3 is 1. The van der Waals surface area contributed by atoms with Crippen molar-refractivity contribution in [3.05, 3.63) is 29.6 Å². The monoisotopic (exact) mass is 264 g/mol. The molecule has 0 saturated heterocycles. The maximum absolute atomic E-state index is 11.8. The molecule has 0 spiro atoms. The van der Waals surface area contributed by atoms with Crippen LogP contribution in [0.3, 0.4) is 0 Å². The number of rotatable bonds is 6. The number of hydrogen-bond acceptors (Lipinski definition) is 4. The molecule has 1 rings (SSSR count). The molecule has 1 amide bonds. The number of aromatic nitrogens is 1. The Labute approximate surface area is 113 Å². The Kier molecular flexibility index (Phi) is 5.99. The topological polar surface area (TPSA) is 68.3 Å². The van der Waals surface area contributed by atoms with Crippen LogP contribution >= 0.6 is 0 Å². The largest absolute Gasteiger partial charge is 0.465 e. The molecular weight excluding hydrogens is 244 g/mol. The van der Waals surface area contributed by atoms with Crippen molar-refractivity contribution in [1.82, 2.24) is 10.3 Å². The fourth-order valence-electron chi connectivity index (χ4n) is 1.57. The summed E-state index contributed by atoms with van der Waals surface area (Å²) in [6.07, 6.45) is 3.37. The van der Waals surface area contributed by atoms with Gasteiger partial charge in [0.25, 0.3) is 5.91 Å². The molecule has 104 valence electrons. The molecule has 5 heteroatoms. The molecule has 1 aromatic heterocycles. The molecule has 5 nitrogen and oxygen atoms in total. The van der Waals surface area contributed by atoms with Crippen molar-refractivity contribution in [2.24, 2.45) is 5.92 Å². The van der Waals surface area contributed by atoms with Crippen LogP contribution in [0, 0.1) is 5.92 Å². The van der Waals surface area contributed by atoms with Gasteiger partial charge in [0.2, 0.25) is 0 Å². The molecule has 0 bridgehead atoms. The van der Waals surface area contributed by atoms with Crippen LogP contribution in [0.5, 0.6) is 0 Å². The van der Waals surface area contributed by atoms with Crippen LogP contribution in [0.15, 0.2) is 18.3 Å². The number of hydrogen-bond donors (Lipinski definition) is 1. The maximum Gasteiger partial charge on any atom is 0.339 e. The van der Waals surface area contributed by atoms with Crippen molar-refractivity contribution in [2.45, 2.75) is 26.7 Å². The fraction of sp³-hybridized carbons (Fsp3) is 0.500. The van der Waals surface area contributed by atoms with Gasteiger partial charge in [-0.2, -0.15) is 0 Å². The van der Waals surface area contributed by atoms with Crippen molar-refractivity contribution in [3.8, 4) is 0 Å². The molecule has 0 unspecified atom stereocenters. The van der Waals surface area contributed by atoms with Crippen LogP contribution in [0.2, 0.25) is 0 Å². The first kappa shape index (κ1) is 15.1. The van der Waals surface area contributed by atoms with Crippen molar-refractivity contribution in [3.63, 3.8) is 0 Å². The summed E-state index contributed by atoms with van der Waals surface area (Å²) < 4.78 is 4.56. The summed E-state index contributed by atoms with van der Waals surface area (Å²) in [5.74, 6) is -0.0501. The van der Waals surface area contributed by atoms with Crippen LogP contribution in [0.1, 0.15) is 47.5 Å². The van der Waals surface area contributed by atoms with Crippen LogP contribution in [-0.4, -0.2) is 30.5 Å². The lowest BCUT2D eigenvalue weighted by atomic mass is 10.1.